The fourth-order valence-electron chi connectivity index (χ4n) is 4.54. The lowest BCUT2D eigenvalue weighted by Crippen LogP contribution is -2.39. The summed E-state index contributed by atoms with van der Waals surface area (Å²) < 4.78 is 12.4. The molecule has 0 bridgehead atoms. The van der Waals surface area contributed by atoms with E-state index in [4.69, 9.17) is 9.15 Å². The van der Waals surface area contributed by atoms with Crippen molar-refractivity contribution in [1.29, 1.82) is 0 Å². The molecule has 0 aliphatic carbocycles. The highest BCUT2D eigenvalue weighted by Gasteiger charge is 2.27. The van der Waals surface area contributed by atoms with Crippen LogP contribution in [0.3, 0.4) is 0 Å². The average molecular weight is 431 g/mol. The lowest BCUT2D eigenvalue weighted by atomic mass is 10.0. The van der Waals surface area contributed by atoms with Gasteiger partial charge in [-0.25, -0.2) is 4.98 Å². The number of aromatic nitrogens is 2. The summed E-state index contributed by atoms with van der Waals surface area (Å²) in [5.41, 5.74) is 2.07. The van der Waals surface area contributed by atoms with Gasteiger partial charge in [0.15, 0.2) is 0 Å². The number of para-hydroxylation sites is 1. The minimum Gasteiger partial charge on any atom is -0.497 e. The van der Waals surface area contributed by atoms with Gasteiger partial charge < -0.3 is 14.1 Å². The Morgan fingerprint density at radius 2 is 1.94 bits per heavy atom. The molecule has 1 fully saturated rings. The van der Waals surface area contributed by atoms with E-state index >= 15 is 0 Å². The van der Waals surface area contributed by atoms with Gasteiger partial charge in [0.05, 0.1) is 19.5 Å². The molecule has 5 rings (SSSR count). The first-order valence-corrected chi connectivity index (χ1v) is 11.0. The molecule has 7 heteroatoms. The molecule has 1 amide bonds. The van der Waals surface area contributed by atoms with E-state index in [1.54, 1.807) is 7.11 Å². The van der Waals surface area contributed by atoms with Crippen molar-refractivity contribution in [3.63, 3.8) is 0 Å². The van der Waals surface area contributed by atoms with Crippen molar-refractivity contribution in [1.82, 2.24) is 14.5 Å². The monoisotopic (exact) mass is 431 g/mol. The number of hydrogen-bond donors (Lipinski definition) is 0. The molecule has 3 heterocycles. The third kappa shape index (κ3) is 3.64. The van der Waals surface area contributed by atoms with Gasteiger partial charge >= 0.3 is 0 Å². The van der Waals surface area contributed by atoms with Crippen LogP contribution < -0.4 is 10.3 Å². The maximum atomic E-state index is 13.4. The first-order valence-electron chi connectivity index (χ1n) is 11.0. The van der Waals surface area contributed by atoms with E-state index < -0.39 is 0 Å². The van der Waals surface area contributed by atoms with Crippen LogP contribution in [0.1, 0.15) is 37.3 Å². The number of fused-ring (bicyclic) bond motifs is 3. The number of nitrogens with zero attached hydrogens (tertiary/aromatic N) is 3. The van der Waals surface area contributed by atoms with Gasteiger partial charge in [0, 0.05) is 11.9 Å². The molecule has 4 aromatic rings. The second-order valence-electron chi connectivity index (χ2n) is 8.18. The molecule has 1 aliphatic rings. The third-order valence-electron chi connectivity index (χ3n) is 6.23. The first-order chi connectivity index (χ1) is 15.7. The van der Waals surface area contributed by atoms with E-state index in [2.05, 4.69) is 4.98 Å². The maximum Gasteiger partial charge on any atom is 0.297 e. The van der Waals surface area contributed by atoms with Gasteiger partial charge in [-0.2, -0.15) is 0 Å². The van der Waals surface area contributed by atoms with Gasteiger partial charge in [0.2, 0.25) is 11.5 Å². The lowest BCUT2D eigenvalue weighted by molar-refractivity contribution is -0.134. The topological polar surface area (TPSA) is 77.6 Å². The number of likely N-dealkylation sites (tertiary alicyclic amines) is 1. The summed E-state index contributed by atoms with van der Waals surface area (Å²) in [4.78, 5) is 32.8. The largest absolute Gasteiger partial charge is 0.497 e. The van der Waals surface area contributed by atoms with Crippen LogP contribution in [-0.2, 0) is 11.3 Å². The van der Waals surface area contributed by atoms with Crippen molar-refractivity contribution in [2.45, 2.75) is 38.3 Å². The number of amides is 1. The Morgan fingerprint density at radius 3 is 2.75 bits per heavy atom. The van der Waals surface area contributed by atoms with E-state index in [9.17, 15) is 9.59 Å². The molecule has 1 saturated heterocycles. The van der Waals surface area contributed by atoms with Crippen molar-refractivity contribution in [2.24, 2.45) is 0 Å². The summed E-state index contributed by atoms with van der Waals surface area (Å²) in [5.74, 6) is 0.698. The Kier molecular flexibility index (Phi) is 5.39. The number of furan rings is 1. The second kappa shape index (κ2) is 8.49. The number of benzene rings is 2. The SMILES string of the molecule is COc1ccc(C2CCCCCN2C(=O)Cn2cnc3c(oc4ccccc43)c2=O)cc1. The lowest BCUT2D eigenvalue weighted by Gasteiger charge is -2.31. The molecule has 1 aliphatic heterocycles. The molecule has 0 N–H and O–H groups in total. The quantitative estimate of drug-likeness (QED) is 0.482. The molecule has 0 radical (unpaired) electrons. The minimum atomic E-state index is -0.338. The average Bonchev–Trinajstić information content (AvgIpc) is 3.03. The summed E-state index contributed by atoms with van der Waals surface area (Å²) in [5, 5.41) is 0.796. The number of carbonyl (C=O) groups excluding carboxylic acids is 1. The molecule has 0 spiro atoms. The molecule has 2 aromatic carbocycles. The summed E-state index contributed by atoms with van der Waals surface area (Å²) in [6, 6.07) is 15.3. The zero-order valence-corrected chi connectivity index (χ0v) is 18.0. The van der Waals surface area contributed by atoms with Crippen molar-refractivity contribution in [3.8, 4) is 5.75 Å². The van der Waals surface area contributed by atoms with Crippen LogP contribution in [0.5, 0.6) is 5.75 Å². The molecule has 7 nitrogen and oxygen atoms in total. The number of ether oxygens (including phenoxy) is 1. The molecule has 2 aromatic heterocycles. The Balaban J connectivity index is 1.45. The van der Waals surface area contributed by atoms with Gasteiger partial charge in [0.25, 0.3) is 5.56 Å². The Morgan fingerprint density at radius 1 is 1.12 bits per heavy atom. The molecule has 1 atom stereocenters. The predicted molar refractivity (Wildman–Crippen MR) is 122 cm³/mol. The van der Waals surface area contributed by atoms with Crippen molar-refractivity contribution < 1.29 is 13.9 Å². The highest BCUT2D eigenvalue weighted by atomic mass is 16.5. The molecule has 164 valence electrons. The highest BCUT2D eigenvalue weighted by molar-refractivity contribution is 6.01. The Bertz CT molecular complexity index is 1320. The molecule has 0 saturated carbocycles. The van der Waals surface area contributed by atoms with Crippen molar-refractivity contribution in [3.05, 3.63) is 70.8 Å². The zero-order chi connectivity index (χ0) is 22.1. The zero-order valence-electron chi connectivity index (χ0n) is 18.0. The number of rotatable bonds is 4. The fourth-order valence-corrected chi connectivity index (χ4v) is 4.54. The van der Waals surface area contributed by atoms with Crippen LogP contribution >= 0.6 is 0 Å². The smallest absolute Gasteiger partial charge is 0.297 e. The van der Waals surface area contributed by atoms with E-state index in [-0.39, 0.29) is 29.6 Å². The summed E-state index contributed by atoms with van der Waals surface area (Å²) in [6.45, 7) is 0.607. The van der Waals surface area contributed by atoms with Crippen LogP contribution in [-0.4, -0.2) is 34.0 Å². The van der Waals surface area contributed by atoms with E-state index in [1.165, 1.54) is 10.9 Å². The Labute approximate surface area is 185 Å². The van der Waals surface area contributed by atoms with Crippen LogP contribution in [0.15, 0.2) is 64.1 Å². The van der Waals surface area contributed by atoms with Crippen LogP contribution in [0.2, 0.25) is 0 Å². The normalized spacial score (nSPS) is 16.9. The molecular formula is C25H25N3O4. The first kappa shape index (κ1) is 20.3. The van der Waals surface area contributed by atoms with Gasteiger partial charge in [-0.3, -0.25) is 14.2 Å². The maximum absolute atomic E-state index is 13.4. The van der Waals surface area contributed by atoms with Gasteiger partial charge in [-0.1, -0.05) is 37.1 Å². The van der Waals surface area contributed by atoms with Gasteiger partial charge in [-0.05, 0) is 42.7 Å². The Hall–Kier alpha value is -3.61. The molecular weight excluding hydrogens is 406 g/mol. The van der Waals surface area contributed by atoms with E-state index in [0.717, 1.165) is 42.4 Å². The van der Waals surface area contributed by atoms with E-state index in [1.807, 2.05) is 53.4 Å². The number of carbonyl (C=O) groups is 1. The molecule has 32 heavy (non-hydrogen) atoms. The second-order valence-corrected chi connectivity index (χ2v) is 8.18. The number of hydrogen-bond acceptors (Lipinski definition) is 5. The van der Waals surface area contributed by atoms with Crippen LogP contribution in [0, 0.1) is 0 Å². The van der Waals surface area contributed by atoms with Gasteiger partial charge in [0.1, 0.15) is 23.4 Å². The minimum absolute atomic E-state index is 0.0190. The van der Waals surface area contributed by atoms with Crippen molar-refractivity contribution >= 4 is 28.0 Å². The van der Waals surface area contributed by atoms with E-state index in [0.29, 0.717) is 17.6 Å². The van der Waals surface area contributed by atoms with Crippen LogP contribution in [0.25, 0.3) is 22.1 Å². The summed E-state index contributed by atoms with van der Waals surface area (Å²) in [6.07, 6.45) is 5.45. The summed E-state index contributed by atoms with van der Waals surface area (Å²) in [7, 11) is 1.64. The fraction of sp³-hybridized carbons (Fsp3) is 0.320. The standard InChI is InChI=1S/C25H25N3O4/c1-31-18-12-10-17(11-13-18)20-8-3-2-6-14-28(20)22(29)15-27-16-26-23-19-7-4-5-9-21(19)32-24(23)25(27)30/h4-5,7,9-13,16,20H,2-3,6,8,14-15H2,1H3. The third-order valence-corrected chi connectivity index (χ3v) is 6.23. The predicted octanol–water partition coefficient (Wildman–Crippen LogP) is 4.30. The van der Waals surface area contributed by atoms with Crippen molar-refractivity contribution in [2.75, 3.05) is 13.7 Å². The summed E-state index contributed by atoms with van der Waals surface area (Å²) >= 11 is 0. The highest BCUT2D eigenvalue weighted by Crippen LogP contribution is 2.31. The van der Waals surface area contributed by atoms with Crippen LogP contribution in [0.4, 0.5) is 0 Å². The van der Waals surface area contributed by atoms with Gasteiger partial charge in [-0.15, -0.1) is 0 Å². The molecule has 1 unspecified atom stereocenters. The number of methoxy groups -OCH3 is 1.